The van der Waals surface area contributed by atoms with Gasteiger partial charge in [0.2, 0.25) is 17.7 Å². The average Bonchev–Trinajstić information content (AvgIpc) is 3.43. The molecule has 0 aliphatic carbocycles. The highest BCUT2D eigenvalue weighted by Gasteiger charge is 2.38. The Hall–Kier alpha value is -3.92. The lowest BCUT2D eigenvalue weighted by Crippen LogP contribution is -2.57. The summed E-state index contributed by atoms with van der Waals surface area (Å²) in [6.45, 7) is 4.25. The number of phenols is 1. The van der Waals surface area contributed by atoms with Gasteiger partial charge in [0.25, 0.3) is 0 Å². The van der Waals surface area contributed by atoms with Gasteiger partial charge >= 0.3 is 5.97 Å². The number of nitrogens with one attached hydrogen (secondary N) is 2. The molecule has 1 fully saturated rings. The molecule has 10 nitrogen and oxygen atoms in total. The molecule has 39 heavy (non-hydrogen) atoms. The summed E-state index contributed by atoms with van der Waals surface area (Å²) >= 11 is 0. The third-order valence-electron chi connectivity index (χ3n) is 7.29. The standard InChI is InChI=1S/C29H38N4O6/c1-3-18(2)25(30)28(37)33-15-7-10-24(33)27(36)31-22(16-19-8-5-4-6-9-19)26(35)32-23(29(38)39)17-20-11-13-21(34)14-12-20/h4-6,8-9,11-14,18,22-25,34H,3,7,10,15-17,30H2,1-2H3,(H,31,36)(H,32,35)(H,38,39). The van der Waals surface area contributed by atoms with Crippen LogP contribution in [0.3, 0.4) is 0 Å². The fraction of sp³-hybridized carbons (Fsp3) is 0.448. The number of carboxylic acid groups (broad SMARTS) is 1. The summed E-state index contributed by atoms with van der Waals surface area (Å²) < 4.78 is 0. The van der Waals surface area contributed by atoms with Crippen molar-refractivity contribution in [3.8, 4) is 5.75 Å². The first-order valence-electron chi connectivity index (χ1n) is 13.3. The number of nitrogens with zero attached hydrogens (tertiary/aromatic N) is 1. The van der Waals surface area contributed by atoms with Gasteiger partial charge in [-0.1, -0.05) is 62.7 Å². The van der Waals surface area contributed by atoms with Crippen molar-refractivity contribution in [2.45, 2.75) is 70.1 Å². The Morgan fingerprint density at radius 1 is 0.974 bits per heavy atom. The Morgan fingerprint density at radius 2 is 1.59 bits per heavy atom. The third kappa shape index (κ3) is 8.03. The number of hydrogen-bond acceptors (Lipinski definition) is 6. The van der Waals surface area contributed by atoms with Crippen LogP contribution in [0.15, 0.2) is 54.6 Å². The van der Waals surface area contributed by atoms with Gasteiger partial charge in [-0.05, 0) is 42.0 Å². The van der Waals surface area contributed by atoms with E-state index in [1.54, 1.807) is 12.1 Å². The van der Waals surface area contributed by atoms with Crippen molar-refractivity contribution in [2.24, 2.45) is 11.7 Å². The van der Waals surface area contributed by atoms with Crippen LogP contribution in [0.5, 0.6) is 5.75 Å². The van der Waals surface area contributed by atoms with Gasteiger partial charge in [-0.2, -0.15) is 0 Å². The number of nitrogens with two attached hydrogens (primary N) is 1. The van der Waals surface area contributed by atoms with E-state index in [9.17, 15) is 29.4 Å². The molecule has 3 amide bonds. The van der Waals surface area contributed by atoms with Crippen molar-refractivity contribution in [1.29, 1.82) is 0 Å². The summed E-state index contributed by atoms with van der Waals surface area (Å²) in [5, 5.41) is 24.6. The first-order valence-corrected chi connectivity index (χ1v) is 13.3. The molecule has 6 N–H and O–H groups in total. The number of phenolic OH excluding ortho intramolecular Hbond substituents is 1. The summed E-state index contributed by atoms with van der Waals surface area (Å²) in [5.41, 5.74) is 7.56. The van der Waals surface area contributed by atoms with Crippen LogP contribution in [0.2, 0.25) is 0 Å². The van der Waals surface area contributed by atoms with Gasteiger partial charge in [0, 0.05) is 19.4 Å². The maximum absolute atomic E-state index is 13.4. The van der Waals surface area contributed by atoms with Crippen molar-refractivity contribution >= 4 is 23.7 Å². The van der Waals surface area contributed by atoms with E-state index >= 15 is 0 Å². The molecule has 210 valence electrons. The minimum Gasteiger partial charge on any atom is -0.508 e. The van der Waals surface area contributed by atoms with E-state index in [4.69, 9.17) is 5.73 Å². The Balaban J connectivity index is 1.77. The van der Waals surface area contributed by atoms with Crippen LogP contribution in [0, 0.1) is 5.92 Å². The van der Waals surface area contributed by atoms with E-state index in [1.807, 2.05) is 44.2 Å². The van der Waals surface area contributed by atoms with Crippen molar-refractivity contribution in [3.63, 3.8) is 0 Å². The fourth-order valence-corrected chi connectivity index (χ4v) is 4.66. The molecule has 5 unspecified atom stereocenters. The van der Waals surface area contributed by atoms with Gasteiger partial charge in [-0.25, -0.2) is 4.79 Å². The highest BCUT2D eigenvalue weighted by atomic mass is 16.4. The van der Waals surface area contributed by atoms with Crippen LogP contribution in [-0.2, 0) is 32.0 Å². The number of carbonyl (C=O) groups excluding carboxylic acids is 3. The maximum Gasteiger partial charge on any atom is 0.326 e. The number of carboxylic acids is 1. The molecular weight excluding hydrogens is 500 g/mol. The lowest BCUT2D eigenvalue weighted by Gasteiger charge is -2.30. The van der Waals surface area contributed by atoms with Crippen LogP contribution in [0.4, 0.5) is 0 Å². The Morgan fingerprint density at radius 3 is 2.21 bits per heavy atom. The number of rotatable bonds is 12. The SMILES string of the molecule is CCC(C)C(N)C(=O)N1CCCC1C(=O)NC(Cc1ccccc1)C(=O)NC(Cc1ccc(O)cc1)C(=O)O. The molecule has 0 bridgehead atoms. The van der Waals surface area contributed by atoms with E-state index < -0.39 is 42.0 Å². The zero-order chi connectivity index (χ0) is 28.5. The lowest BCUT2D eigenvalue weighted by atomic mass is 9.98. The van der Waals surface area contributed by atoms with E-state index in [1.165, 1.54) is 17.0 Å². The second-order valence-electron chi connectivity index (χ2n) is 10.1. The molecule has 2 aromatic rings. The Kier molecular flexibility index (Phi) is 10.4. The van der Waals surface area contributed by atoms with Crippen LogP contribution in [-0.4, -0.2) is 69.5 Å². The number of carbonyl (C=O) groups is 4. The van der Waals surface area contributed by atoms with Crippen molar-refractivity contribution in [2.75, 3.05) is 6.54 Å². The number of aromatic hydroxyl groups is 1. The summed E-state index contributed by atoms with van der Waals surface area (Å²) in [6.07, 6.45) is 1.94. The summed E-state index contributed by atoms with van der Waals surface area (Å²) in [6, 6.07) is 11.3. The van der Waals surface area contributed by atoms with Crippen molar-refractivity contribution in [3.05, 3.63) is 65.7 Å². The van der Waals surface area contributed by atoms with Gasteiger partial charge in [-0.15, -0.1) is 0 Å². The van der Waals surface area contributed by atoms with E-state index in [0.29, 0.717) is 24.9 Å². The quantitative estimate of drug-likeness (QED) is 0.274. The lowest BCUT2D eigenvalue weighted by molar-refractivity contribution is -0.143. The Bertz CT molecular complexity index is 1140. The van der Waals surface area contributed by atoms with Crippen LogP contribution < -0.4 is 16.4 Å². The second-order valence-corrected chi connectivity index (χ2v) is 10.1. The number of aliphatic carboxylic acids is 1. The number of hydrogen-bond donors (Lipinski definition) is 5. The van der Waals surface area contributed by atoms with E-state index in [2.05, 4.69) is 10.6 Å². The molecule has 1 saturated heterocycles. The molecule has 2 aromatic carbocycles. The molecule has 0 spiro atoms. The topological polar surface area (TPSA) is 162 Å². The number of likely N-dealkylation sites (tertiary alicyclic amines) is 1. The smallest absolute Gasteiger partial charge is 0.326 e. The molecule has 3 rings (SSSR count). The fourth-order valence-electron chi connectivity index (χ4n) is 4.66. The predicted molar refractivity (Wildman–Crippen MR) is 146 cm³/mol. The molecule has 10 heteroatoms. The second kappa shape index (κ2) is 13.7. The molecule has 0 saturated carbocycles. The van der Waals surface area contributed by atoms with Crippen LogP contribution >= 0.6 is 0 Å². The number of benzene rings is 2. The summed E-state index contributed by atoms with van der Waals surface area (Å²) in [7, 11) is 0. The molecule has 1 heterocycles. The van der Waals surface area contributed by atoms with E-state index in [-0.39, 0.29) is 30.4 Å². The highest BCUT2D eigenvalue weighted by molar-refractivity contribution is 5.94. The normalized spacial score (nSPS) is 18.0. The molecule has 0 radical (unpaired) electrons. The first kappa shape index (κ1) is 29.6. The van der Waals surface area contributed by atoms with Gasteiger partial charge in [0.15, 0.2) is 0 Å². The Labute approximate surface area is 228 Å². The monoisotopic (exact) mass is 538 g/mol. The highest BCUT2D eigenvalue weighted by Crippen LogP contribution is 2.21. The number of amides is 3. The van der Waals surface area contributed by atoms with Crippen LogP contribution in [0.25, 0.3) is 0 Å². The molecule has 1 aliphatic rings. The average molecular weight is 539 g/mol. The molecule has 5 atom stereocenters. The third-order valence-corrected chi connectivity index (χ3v) is 7.29. The summed E-state index contributed by atoms with van der Waals surface area (Å²) in [4.78, 5) is 53.3. The van der Waals surface area contributed by atoms with Crippen molar-refractivity contribution in [1.82, 2.24) is 15.5 Å². The maximum atomic E-state index is 13.4. The molecular formula is C29H38N4O6. The van der Waals surface area contributed by atoms with Gasteiger partial charge in [0.1, 0.15) is 23.9 Å². The van der Waals surface area contributed by atoms with Crippen molar-refractivity contribution < 1.29 is 29.4 Å². The van der Waals surface area contributed by atoms with Gasteiger partial charge in [0.05, 0.1) is 6.04 Å². The first-order chi connectivity index (χ1) is 18.6. The van der Waals surface area contributed by atoms with E-state index in [0.717, 1.165) is 12.0 Å². The largest absolute Gasteiger partial charge is 0.508 e. The zero-order valence-corrected chi connectivity index (χ0v) is 22.4. The predicted octanol–water partition coefficient (Wildman–Crippen LogP) is 1.60. The molecule has 0 aromatic heterocycles. The van der Waals surface area contributed by atoms with Gasteiger partial charge < -0.3 is 31.5 Å². The minimum atomic E-state index is -1.25. The summed E-state index contributed by atoms with van der Waals surface area (Å²) in [5.74, 6) is -2.63. The molecule has 1 aliphatic heterocycles. The zero-order valence-electron chi connectivity index (χ0n) is 22.4. The van der Waals surface area contributed by atoms with Crippen LogP contribution in [0.1, 0.15) is 44.2 Å². The minimum absolute atomic E-state index is 0.00817. The van der Waals surface area contributed by atoms with Gasteiger partial charge in [-0.3, -0.25) is 14.4 Å².